The molecule has 3 rings (SSSR count). The average Bonchev–Trinajstić information content (AvgIpc) is 2.84. The molecular formula is C13H16N4O3S. The fourth-order valence-corrected chi connectivity index (χ4v) is 3.42. The van der Waals surface area contributed by atoms with Gasteiger partial charge in [0.2, 0.25) is 16.3 Å². The third-order valence-electron chi connectivity index (χ3n) is 3.43. The summed E-state index contributed by atoms with van der Waals surface area (Å²) in [6.45, 7) is 0.466. The van der Waals surface area contributed by atoms with Crippen molar-refractivity contribution in [1.82, 2.24) is 5.06 Å². The van der Waals surface area contributed by atoms with Gasteiger partial charge in [-0.25, -0.2) is 18.5 Å². The van der Waals surface area contributed by atoms with Gasteiger partial charge in [-0.3, -0.25) is 9.51 Å². The molecule has 8 heteroatoms. The van der Waals surface area contributed by atoms with Crippen molar-refractivity contribution in [3.63, 3.8) is 0 Å². The van der Waals surface area contributed by atoms with Crippen molar-refractivity contribution >= 4 is 27.6 Å². The van der Waals surface area contributed by atoms with Crippen molar-refractivity contribution in [3.05, 3.63) is 36.0 Å². The molecule has 1 unspecified atom stereocenters. The Morgan fingerprint density at radius 3 is 2.95 bits per heavy atom. The lowest BCUT2D eigenvalue weighted by atomic mass is 10.1. The van der Waals surface area contributed by atoms with E-state index in [9.17, 15) is 13.6 Å². The number of rotatable bonds is 3. The topological polar surface area (TPSA) is 85.2 Å². The first-order valence-corrected chi connectivity index (χ1v) is 8.34. The third kappa shape index (κ3) is 2.72. The highest BCUT2D eigenvalue weighted by Gasteiger charge is 2.26. The van der Waals surface area contributed by atoms with E-state index in [-0.39, 0.29) is 0 Å². The van der Waals surface area contributed by atoms with Crippen LogP contribution in [-0.2, 0) is 16.4 Å². The number of nitrogens with one attached hydrogen (secondary N) is 1. The Morgan fingerprint density at radius 1 is 1.43 bits per heavy atom. The predicted molar refractivity (Wildman–Crippen MR) is 81.0 cm³/mol. The van der Waals surface area contributed by atoms with Gasteiger partial charge in [-0.1, -0.05) is 0 Å². The molecule has 0 saturated carbocycles. The highest BCUT2D eigenvalue weighted by molar-refractivity contribution is 7.92. The average molecular weight is 308 g/mol. The van der Waals surface area contributed by atoms with Crippen molar-refractivity contribution in [2.75, 3.05) is 22.4 Å². The molecule has 2 aliphatic heterocycles. The third-order valence-corrected chi connectivity index (χ3v) is 4.61. The quantitative estimate of drug-likeness (QED) is 0.870. The summed E-state index contributed by atoms with van der Waals surface area (Å²) in [5.41, 5.74) is 2.46. The lowest BCUT2D eigenvalue weighted by Crippen LogP contribution is -2.34. The molecule has 0 aromatic heterocycles. The molecule has 0 bridgehead atoms. The highest BCUT2D eigenvalue weighted by atomic mass is 32.2. The highest BCUT2D eigenvalue weighted by Crippen LogP contribution is 2.32. The Hall–Kier alpha value is -2.06. The van der Waals surface area contributed by atoms with Gasteiger partial charge in [-0.2, -0.15) is 0 Å². The van der Waals surface area contributed by atoms with Crippen molar-refractivity contribution in [2.45, 2.75) is 12.7 Å². The van der Waals surface area contributed by atoms with E-state index in [4.69, 9.17) is 0 Å². The summed E-state index contributed by atoms with van der Waals surface area (Å²) in [6, 6.07) is 5.45. The maximum Gasteiger partial charge on any atom is 0.232 e. The van der Waals surface area contributed by atoms with Crippen LogP contribution in [0, 0.1) is 0 Å². The molecule has 7 nitrogen and oxygen atoms in total. The van der Waals surface area contributed by atoms with E-state index >= 15 is 0 Å². The lowest BCUT2D eigenvalue weighted by Gasteiger charge is -2.25. The van der Waals surface area contributed by atoms with Crippen LogP contribution in [0.5, 0.6) is 0 Å². The smallest absolute Gasteiger partial charge is 0.232 e. The molecule has 2 N–H and O–H groups in total. The molecule has 0 saturated heterocycles. The number of hydroxylamine groups is 2. The minimum absolute atomic E-state index is 0.466. The first kappa shape index (κ1) is 13.9. The van der Waals surface area contributed by atoms with Crippen LogP contribution in [0.2, 0.25) is 0 Å². The number of aliphatic imine (C=N–C) groups is 1. The lowest BCUT2D eigenvalue weighted by molar-refractivity contribution is -0.0685. The number of benzene rings is 1. The normalized spacial score (nSPS) is 20.8. The maximum absolute atomic E-state index is 11.7. The van der Waals surface area contributed by atoms with Crippen LogP contribution in [0.25, 0.3) is 0 Å². The van der Waals surface area contributed by atoms with Crippen LogP contribution < -0.4 is 9.62 Å². The summed E-state index contributed by atoms with van der Waals surface area (Å²) in [6.07, 6.45) is 6.04. The van der Waals surface area contributed by atoms with E-state index in [1.807, 2.05) is 6.07 Å². The first-order chi connectivity index (χ1) is 9.95. The van der Waals surface area contributed by atoms with E-state index in [1.165, 1.54) is 16.8 Å². The number of allylic oxidation sites excluding steroid dienone is 1. The van der Waals surface area contributed by atoms with Crippen LogP contribution in [-0.4, -0.2) is 44.0 Å². The summed E-state index contributed by atoms with van der Waals surface area (Å²) in [7, 11) is -3.23. The molecule has 0 fully saturated rings. The largest absolute Gasteiger partial charge is 0.345 e. The van der Waals surface area contributed by atoms with Crippen LogP contribution in [0.1, 0.15) is 5.56 Å². The molecule has 0 spiro atoms. The Kier molecular flexibility index (Phi) is 3.34. The number of anilines is 2. The number of fused-ring (bicyclic) bond motifs is 1. The van der Waals surface area contributed by atoms with Gasteiger partial charge in [0.1, 0.15) is 0 Å². The molecule has 0 aliphatic carbocycles. The Morgan fingerprint density at radius 2 is 2.24 bits per heavy atom. The molecule has 21 heavy (non-hydrogen) atoms. The Bertz CT molecular complexity index is 714. The number of hydrogen-bond acceptors (Lipinski definition) is 6. The van der Waals surface area contributed by atoms with Crippen LogP contribution in [0.15, 0.2) is 35.5 Å². The molecule has 1 aromatic carbocycles. The summed E-state index contributed by atoms with van der Waals surface area (Å²) in [4.78, 5) is 4.10. The maximum atomic E-state index is 11.7. The fourth-order valence-electron chi connectivity index (χ4n) is 2.47. The summed E-state index contributed by atoms with van der Waals surface area (Å²) in [5, 5.41) is 13.7. The monoisotopic (exact) mass is 308 g/mol. The molecule has 0 radical (unpaired) electrons. The zero-order chi connectivity index (χ0) is 15.0. The second kappa shape index (κ2) is 5.05. The molecule has 1 atom stereocenters. The van der Waals surface area contributed by atoms with E-state index in [2.05, 4.69) is 10.3 Å². The molecule has 0 amide bonds. The summed E-state index contributed by atoms with van der Waals surface area (Å²) in [5.74, 6) is 0. The van der Waals surface area contributed by atoms with Gasteiger partial charge in [0.15, 0.2) is 0 Å². The fraction of sp³-hybridized carbons (Fsp3) is 0.308. The van der Waals surface area contributed by atoms with Gasteiger partial charge >= 0.3 is 0 Å². The van der Waals surface area contributed by atoms with E-state index in [0.717, 1.165) is 22.0 Å². The van der Waals surface area contributed by atoms with Gasteiger partial charge < -0.3 is 5.32 Å². The molecular weight excluding hydrogens is 292 g/mol. The van der Waals surface area contributed by atoms with Gasteiger partial charge in [0.25, 0.3) is 0 Å². The molecule has 1 aromatic rings. The van der Waals surface area contributed by atoms with Crippen molar-refractivity contribution in [1.29, 1.82) is 0 Å². The summed E-state index contributed by atoms with van der Waals surface area (Å²) >= 11 is 0. The molecule has 2 heterocycles. The van der Waals surface area contributed by atoms with Gasteiger partial charge in [0.05, 0.1) is 11.9 Å². The van der Waals surface area contributed by atoms with Crippen LogP contribution >= 0.6 is 0 Å². The molecule has 112 valence electrons. The zero-order valence-electron chi connectivity index (χ0n) is 11.5. The molecule has 2 aliphatic rings. The number of hydrogen-bond donors (Lipinski definition) is 2. The minimum atomic E-state index is -3.23. The van der Waals surface area contributed by atoms with E-state index in [0.29, 0.717) is 13.0 Å². The van der Waals surface area contributed by atoms with Crippen molar-refractivity contribution in [2.24, 2.45) is 4.99 Å². The zero-order valence-corrected chi connectivity index (χ0v) is 12.3. The predicted octanol–water partition coefficient (Wildman–Crippen LogP) is 0.993. The van der Waals surface area contributed by atoms with E-state index in [1.54, 1.807) is 24.4 Å². The van der Waals surface area contributed by atoms with E-state index < -0.39 is 16.3 Å². The second-order valence-corrected chi connectivity index (χ2v) is 6.87. The van der Waals surface area contributed by atoms with Crippen LogP contribution in [0.4, 0.5) is 11.4 Å². The van der Waals surface area contributed by atoms with Gasteiger partial charge in [0, 0.05) is 24.6 Å². The SMILES string of the molecule is CS(=O)(=O)N1CCc2cc(NC3N=CC=CN3O)ccc21. The Balaban J connectivity index is 1.82. The first-order valence-electron chi connectivity index (χ1n) is 6.49. The van der Waals surface area contributed by atoms with Gasteiger partial charge in [-0.05, 0) is 36.3 Å². The standard InChI is InChI=1S/C13H16N4O3S/c1-21(19,20)17-8-5-10-9-11(3-4-12(10)17)15-13-14-6-2-7-16(13)18/h2-4,6-7,9,13,15,18H,5,8H2,1H3. The minimum Gasteiger partial charge on any atom is -0.345 e. The number of nitrogens with zero attached hydrogens (tertiary/aromatic N) is 3. The van der Waals surface area contributed by atoms with Gasteiger partial charge in [-0.15, -0.1) is 0 Å². The Labute approximate surface area is 123 Å². The number of sulfonamides is 1. The van der Waals surface area contributed by atoms with Crippen molar-refractivity contribution in [3.8, 4) is 0 Å². The summed E-state index contributed by atoms with van der Waals surface area (Å²) < 4.78 is 24.8. The van der Waals surface area contributed by atoms with Crippen molar-refractivity contribution < 1.29 is 13.6 Å². The second-order valence-electron chi connectivity index (χ2n) is 4.97. The van der Waals surface area contributed by atoms with Crippen LogP contribution in [0.3, 0.4) is 0 Å².